The molecule has 0 spiro atoms. The number of likely N-dealkylation sites (N-methyl/N-ethyl adjacent to an activating group) is 1. The Hall–Kier alpha value is -1.33. The van der Waals surface area contributed by atoms with Crippen molar-refractivity contribution in [2.45, 2.75) is 19.4 Å². The Balaban J connectivity index is 2.15. The second-order valence-electron chi connectivity index (χ2n) is 4.18. The van der Waals surface area contributed by atoms with E-state index < -0.39 is 0 Å². The summed E-state index contributed by atoms with van der Waals surface area (Å²) in [5.74, 6) is -0.319. The number of nitrogens with zero attached hydrogens (tertiary/aromatic N) is 2. The van der Waals surface area contributed by atoms with Crippen molar-refractivity contribution in [2.24, 2.45) is 0 Å². The van der Waals surface area contributed by atoms with Crippen molar-refractivity contribution in [3.8, 4) is 0 Å². The maximum absolute atomic E-state index is 12.9. The zero-order valence-electron chi connectivity index (χ0n) is 10.6. The van der Waals surface area contributed by atoms with E-state index in [1.165, 1.54) is 12.3 Å². The van der Waals surface area contributed by atoms with Crippen molar-refractivity contribution < 1.29 is 4.39 Å². The summed E-state index contributed by atoms with van der Waals surface area (Å²) in [6.07, 6.45) is 3.74. The van der Waals surface area contributed by atoms with Gasteiger partial charge in [0, 0.05) is 22.8 Å². The first-order valence-electron chi connectivity index (χ1n) is 6.14. The molecule has 0 aliphatic rings. The van der Waals surface area contributed by atoms with Crippen LogP contribution in [0, 0.1) is 5.82 Å². The van der Waals surface area contributed by atoms with Crippen LogP contribution >= 0.6 is 15.9 Å². The molecule has 2 heterocycles. The Morgan fingerprint density at radius 2 is 2.05 bits per heavy atom. The summed E-state index contributed by atoms with van der Waals surface area (Å²) >= 11 is 3.36. The van der Waals surface area contributed by atoms with Crippen LogP contribution in [0.2, 0.25) is 0 Å². The Morgan fingerprint density at radius 3 is 2.63 bits per heavy atom. The lowest BCUT2D eigenvalue weighted by atomic mass is 10.1. The molecule has 0 bridgehead atoms. The van der Waals surface area contributed by atoms with Gasteiger partial charge >= 0.3 is 0 Å². The van der Waals surface area contributed by atoms with Gasteiger partial charge < -0.3 is 5.32 Å². The highest BCUT2D eigenvalue weighted by Gasteiger charge is 2.13. The highest BCUT2D eigenvalue weighted by atomic mass is 79.9. The molecule has 3 nitrogen and oxygen atoms in total. The first kappa shape index (κ1) is 14.1. The molecule has 0 aliphatic carbocycles. The van der Waals surface area contributed by atoms with E-state index in [9.17, 15) is 4.39 Å². The lowest BCUT2D eigenvalue weighted by molar-refractivity contribution is 0.526. The molecular weight excluding hydrogens is 309 g/mol. The van der Waals surface area contributed by atoms with Crippen molar-refractivity contribution in [3.63, 3.8) is 0 Å². The Labute approximate surface area is 120 Å². The molecule has 1 N–H and O–H groups in total. The quantitative estimate of drug-likeness (QED) is 0.917. The lowest BCUT2D eigenvalue weighted by Crippen LogP contribution is -2.24. The smallest absolute Gasteiger partial charge is 0.141 e. The van der Waals surface area contributed by atoms with Gasteiger partial charge in [-0.1, -0.05) is 6.92 Å². The van der Waals surface area contributed by atoms with Crippen LogP contribution in [0.3, 0.4) is 0 Å². The van der Waals surface area contributed by atoms with E-state index in [0.717, 1.165) is 28.8 Å². The molecular formula is C14H15BrFN3. The predicted octanol–water partition coefficient (Wildman–Crippen LogP) is 3.27. The van der Waals surface area contributed by atoms with Crippen molar-refractivity contribution in [3.05, 3.63) is 58.3 Å². The van der Waals surface area contributed by atoms with E-state index >= 15 is 0 Å². The molecule has 1 atom stereocenters. The number of aromatic nitrogens is 2. The van der Waals surface area contributed by atoms with Gasteiger partial charge in [-0.2, -0.15) is 0 Å². The second-order valence-corrected chi connectivity index (χ2v) is 5.10. The second kappa shape index (κ2) is 6.73. The van der Waals surface area contributed by atoms with Crippen LogP contribution < -0.4 is 5.32 Å². The van der Waals surface area contributed by atoms with Gasteiger partial charge in [0.1, 0.15) is 5.82 Å². The van der Waals surface area contributed by atoms with E-state index in [2.05, 4.69) is 31.2 Å². The van der Waals surface area contributed by atoms with Crippen LogP contribution in [0.15, 0.2) is 41.1 Å². The van der Waals surface area contributed by atoms with E-state index in [-0.39, 0.29) is 11.9 Å². The minimum atomic E-state index is -0.319. The minimum Gasteiger partial charge on any atom is -0.309 e. The van der Waals surface area contributed by atoms with Crippen molar-refractivity contribution in [1.82, 2.24) is 15.3 Å². The lowest BCUT2D eigenvalue weighted by Gasteiger charge is -2.17. The van der Waals surface area contributed by atoms with Crippen LogP contribution in [0.5, 0.6) is 0 Å². The molecule has 2 aromatic rings. The molecule has 2 rings (SSSR count). The summed E-state index contributed by atoms with van der Waals surface area (Å²) in [5, 5.41) is 3.34. The number of nitrogens with one attached hydrogen (secondary N) is 1. The van der Waals surface area contributed by atoms with Crippen molar-refractivity contribution >= 4 is 15.9 Å². The number of halogens is 2. The molecule has 100 valence electrons. The van der Waals surface area contributed by atoms with E-state index in [4.69, 9.17) is 0 Å². The summed E-state index contributed by atoms with van der Waals surface area (Å²) in [5.41, 5.74) is 1.80. The molecule has 0 saturated carbocycles. The monoisotopic (exact) mass is 323 g/mol. The van der Waals surface area contributed by atoms with E-state index in [1.807, 2.05) is 19.1 Å². The Kier molecular flexibility index (Phi) is 4.99. The van der Waals surface area contributed by atoms with Gasteiger partial charge in [-0.05, 0) is 46.7 Å². The molecule has 0 aliphatic heterocycles. The van der Waals surface area contributed by atoms with Crippen LogP contribution in [0.1, 0.15) is 24.4 Å². The topological polar surface area (TPSA) is 37.8 Å². The summed E-state index contributed by atoms with van der Waals surface area (Å²) < 4.78 is 13.9. The standard InChI is InChI=1S/C14H15BrFN3/c1-2-17-14(13-6-4-11(16)9-19-13)7-12-5-3-10(15)8-18-12/h3-6,8-9,14,17H,2,7H2,1H3. The normalized spacial score (nSPS) is 12.4. The van der Waals surface area contributed by atoms with Gasteiger partial charge in [0.05, 0.1) is 17.9 Å². The maximum atomic E-state index is 12.9. The van der Waals surface area contributed by atoms with E-state index in [1.54, 1.807) is 12.3 Å². The van der Waals surface area contributed by atoms with Gasteiger partial charge in [0.15, 0.2) is 0 Å². The van der Waals surface area contributed by atoms with E-state index in [0.29, 0.717) is 0 Å². The molecule has 1 unspecified atom stereocenters. The van der Waals surface area contributed by atoms with Crippen LogP contribution in [-0.2, 0) is 6.42 Å². The summed E-state index contributed by atoms with van der Waals surface area (Å²) in [4.78, 5) is 8.49. The molecule has 0 saturated heterocycles. The summed E-state index contributed by atoms with van der Waals surface area (Å²) in [6, 6.07) is 7.11. The Morgan fingerprint density at radius 1 is 1.21 bits per heavy atom. The molecule has 0 aromatic carbocycles. The molecule has 0 fully saturated rings. The van der Waals surface area contributed by atoms with Gasteiger partial charge in [0.25, 0.3) is 0 Å². The zero-order chi connectivity index (χ0) is 13.7. The highest BCUT2D eigenvalue weighted by Crippen LogP contribution is 2.17. The van der Waals surface area contributed by atoms with Gasteiger partial charge in [-0.15, -0.1) is 0 Å². The third kappa shape index (κ3) is 4.08. The van der Waals surface area contributed by atoms with Crippen LogP contribution in [0.4, 0.5) is 4.39 Å². The summed E-state index contributed by atoms with van der Waals surface area (Å²) in [7, 11) is 0. The Bertz CT molecular complexity index is 513. The number of hydrogen-bond acceptors (Lipinski definition) is 3. The zero-order valence-corrected chi connectivity index (χ0v) is 12.2. The number of hydrogen-bond donors (Lipinski definition) is 1. The highest BCUT2D eigenvalue weighted by molar-refractivity contribution is 9.10. The van der Waals surface area contributed by atoms with Gasteiger partial charge in [-0.3, -0.25) is 9.97 Å². The fourth-order valence-electron chi connectivity index (χ4n) is 1.86. The predicted molar refractivity (Wildman–Crippen MR) is 76.3 cm³/mol. The average Bonchev–Trinajstić information content (AvgIpc) is 2.42. The molecule has 19 heavy (non-hydrogen) atoms. The third-order valence-corrected chi connectivity index (χ3v) is 3.23. The van der Waals surface area contributed by atoms with Crippen molar-refractivity contribution in [1.29, 1.82) is 0 Å². The van der Waals surface area contributed by atoms with Gasteiger partial charge in [0.2, 0.25) is 0 Å². The fourth-order valence-corrected chi connectivity index (χ4v) is 2.09. The number of rotatable bonds is 5. The largest absolute Gasteiger partial charge is 0.309 e. The molecule has 0 amide bonds. The van der Waals surface area contributed by atoms with Gasteiger partial charge in [-0.25, -0.2) is 4.39 Å². The molecule has 0 radical (unpaired) electrons. The maximum Gasteiger partial charge on any atom is 0.141 e. The fraction of sp³-hybridized carbons (Fsp3) is 0.286. The van der Waals surface area contributed by atoms with Crippen LogP contribution in [-0.4, -0.2) is 16.5 Å². The number of pyridine rings is 2. The average molecular weight is 324 g/mol. The first-order chi connectivity index (χ1) is 9.19. The van der Waals surface area contributed by atoms with Crippen molar-refractivity contribution in [2.75, 3.05) is 6.54 Å². The minimum absolute atomic E-state index is 0.0410. The SMILES string of the molecule is CCNC(Cc1ccc(Br)cn1)c1ccc(F)cn1. The van der Waals surface area contributed by atoms with Crippen LogP contribution in [0.25, 0.3) is 0 Å². The third-order valence-electron chi connectivity index (χ3n) is 2.76. The molecule has 5 heteroatoms. The molecule has 2 aromatic heterocycles. The first-order valence-corrected chi connectivity index (χ1v) is 6.93. The summed E-state index contributed by atoms with van der Waals surface area (Å²) in [6.45, 7) is 2.85.